The first-order valence-electron chi connectivity index (χ1n) is 7.75. The number of hydrogen-bond acceptors (Lipinski definition) is 4. The Kier molecular flexibility index (Phi) is 3.92. The van der Waals surface area contributed by atoms with Crippen LogP contribution in [0.2, 0.25) is 0 Å². The second-order valence-electron chi connectivity index (χ2n) is 6.71. The van der Waals surface area contributed by atoms with E-state index in [4.69, 9.17) is 4.74 Å². The van der Waals surface area contributed by atoms with Crippen molar-refractivity contribution in [3.63, 3.8) is 0 Å². The monoisotopic (exact) mass is 266 g/mol. The van der Waals surface area contributed by atoms with Gasteiger partial charge in [0.15, 0.2) is 0 Å². The molecule has 0 saturated carbocycles. The third-order valence-corrected chi connectivity index (χ3v) is 5.22. The van der Waals surface area contributed by atoms with E-state index in [1.807, 2.05) is 0 Å². The Bertz CT molecular complexity index is 328. The lowest BCUT2D eigenvalue weighted by atomic mass is 9.87. The van der Waals surface area contributed by atoms with Gasteiger partial charge in [-0.05, 0) is 32.7 Å². The van der Waals surface area contributed by atoms with Gasteiger partial charge in [0.25, 0.3) is 0 Å². The molecule has 3 heterocycles. The Morgan fingerprint density at radius 2 is 2.26 bits per heavy atom. The Balaban J connectivity index is 1.65. The third-order valence-electron chi connectivity index (χ3n) is 5.22. The van der Waals surface area contributed by atoms with E-state index in [2.05, 4.69) is 16.7 Å². The SMILES string of the molecule is CC1CN2CCCCC2CN1CC1(C=O)CCOC1. The molecule has 3 saturated heterocycles. The number of aldehydes is 1. The number of carbonyl (C=O) groups is 1. The average Bonchev–Trinajstić information content (AvgIpc) is 2.89. The van der Waals surface area contributed by atoms with Crippen LogP contribution in [0.3, 0.4) is 0 Å². The topological polar surface area (TPSA) is 32.8 Å². The summed E-state index contributed by atoms with van der Waals surface area (Å²) < 4.78 is 5.47. The second-order valence-corrected chi connectivity index (χ2v) is 6.71. The Morgan fingerprint density at radius 1 is 1.37 bits per heavy atom. The third kappa shape index (κ3) is 2.71. The van der Waals surface area contributed by atoms with Gasteiger partial charge in [-0.3, -0.25) is 9.80 Å². The molecule has 0 radical (unpaired) electrons. The van der Waals surface area contributed by atoms with Gasteiger partial charge in [-0.1, -0.05) is 6.42 Å². The highest BCUT2D eigenvalue weighted by molar-refractivity contribution is 5.60. The lowest BCUT2D eigenvalue weighted by molar-refractivity contribution is -0.118. The number of hydrogen-bond donors (Lipinski definition) is 0. The zero-order chi connectivity index (χ0) is 13.3. The van der Waals surface area contributed by atoms with Crippen LogP contribution < -0.4 is 0 Å². The van der Waals surface area contributed by atoms with Crippen molar-refractivity contribution >= 4 is 6.29 Å². The number of ether oxygens (including phenoxy) is 1. The van der Waals surface area contributed by atoms with E-state index < -0.39 is 0 Å². The molecule has 19 heavy (non-hydrogen) atoms. The van der Waals surface area contributed by atoms with Crippen molar-refractivity contribution in [2.45, 2.75) is 44.7 Å². The average molecular weight is 266 g/mol. The van der Waals surface area contributed by atoms with Crippen molar-refractivity contribution < 1.29 is 9.53 Å². The van der Waals surface area contributed by atoms with E-state index >= 15 is 0 Å². The van der Waals surface area contributed by atoms with Gasteiger partial charge in [-0.15, -0.1) is 0 Å². The van der Waals surface area contributed by atoms with E-state index in [1.165, 1.54) is 32.4 Å². The molecule has 4 heteroatoms. The van der Waals surface area contributed by atoms with Crippen molar-refractivity contribution in [3.05, 3.63) is 0 Å². The Hall–Kier alpha value is -0.450. The predicted molar refractivity (Wildman–Crippen MR) is 74.2 cm³/mol. The zero-order valence-electron chi connectivity index (χ0n) is 12.0. The minimum atomic E-state index is -0.231. The maximum Gasteiger partial charge on any atom is 0.129 e. The summed E-state index contributed by atoms with van der Waals surface area (Å²) in [6.45, 7) is 8.13. The van der Waals surface area contributed by atoms with Gasteiger partial charge in [-0.25, -0.2) is 0 Å². The normalized spacial score (nSPS) is 41.1. The highest BCUT2D eigenvalue weighted by atomic mass is 16.5. The molecule has 3 aliphatic rings. The van der Waals surface area contributed by atoms with Crippen LogP contribution >= 0.6 is 0 Å². The maximum atomic E-state index is 11.5. The molecule has 0 N–H and O–H groups in total. The highest BCUT2D eigenvalue weighted by Gasteiger charge is 2.40. The summed E-state index contributed by atoms with van der Waals surface area (Å²) in [6.07, 6.45) is 6.10. The number of piperidine rings is 1. The maximum absolute atomic E-state index is 11.5. The van der Waals surface area contributed by atoms with Crippen LogP contribution in [0.5, 0.6) is 0 Å². The predicted octanol–water partition coefficient (Wildman–Crippen LogP) is 1.15. The number of nitrogens with zero attached hydrogens (tertiary/aromatic N) is 2. The van der Waals surface area contributed by atoms with Crippen LogP contribution in [0.15, 0.2) is 0 Å². The van der Waals surface area contributed by atoms with E-state index in [0.29, 0.717) is 12.6 Å². The number of piperazine rings is 1. The largest absolute Gasteiger partial charge is 0.380 e. The molecule has 0 amide bonds. The molecule has 0 spiro atoms. The number of rotatable bonds is 3. The molecule has 3 unspecified atom stereocenters. The molecule has 0 bridgehead atoms. The molecule has 3 aliphatic heterocycles. The molecule has 3 rings (SSSR count). The van der Waals surface area contributed by atoms with Crippen LogP contribution in [0.4, 0.5) is 0 Å². The minimum Gasteiger partial charge on any atom is -0.380 e. The highest BCUT2D eigenvalue weighted by Crippen LogP contribution is 2.31. The first-order chi connectivity index (χ1) is 9.22. The summed E-state index contributed by atoms with van der Waals surface area (Å²) in [7, 11) is 0. The Morgan fingerprint density at radius 3 is 3.00 bits per heavy atom. The Labute approximate surface area is 116 Å². The molecule has 0 aliphatic carbocycles. The smallest absolute Gasteiger partial charge is 0.129 e. The number of fused-ring (bicyclic) bond motifs is 1. The molecule has 0 aromatic heterocycles. The summed E-state index contributed by atoms with van der Waals surface area (Å²) in [5, 5.41) is 0. The molecule has 0 aromatic rings. The molecule has 4 nitrogen and oxygen atoms in total. The number of carbonyl (C=O) groups excluding carboxylic acids is 1. The fourth-order valence-electron chi connectivity index (χ4n) is 3.92. The quantitative estimate of drug-likeness (QED) is 0.718. The van der Waals surface area contributed by atoms with Crippen LogP contribution in [0.25, 0.3) is 0 Å². The van der Waals surface area contributed by atoms with Gasteiger partial charge >= 0.3 is 0 Å². The van der Waals surface area contributed by atoms with Crippen LogP contribution in [-0.4, -0.2) is 67.6 Å². The van der Waals surface area contributed by atoms with Crippen LogP contribution in [0, 0.1) is 5.41 Å². The van der Waals surface area contributed by atoms with Crippen molar-refractivity contribution in [2.75, 3.05) is 39.4 Å². The summed E-state index contributed by atoms with van der Waals surface area (Å²) in [5.41, 5.74) is -0.231. The van der Waals surface area contributed by atoms with Crippen LogP contribution in [-0.2, 0) is 9.53 Å². The van der Waals surface area contributed by atoms with Gasteiger partial charge in [0.2, 0.25) is 0 Å². The van der Waals surface area contributed by atoms with Gasteiger partial charge < -0.3 is 9.53 Å². The molecular weight excluding hydrogens is 240 g/mol. The minimum absolute atomic E-state index is 0.231. The van der Waals surface area contributed by atoms with Gasteiger partial charge in [0.1, 0.15) is 6.29 Å². The van der Waals surface area contributed by atoms with Gasteiger partial charge in [0, 0.05) is 38.3 Å². The second kappa shape index (κ2) is 5.51. The van der Waals surface area contributed by atoms with Crippen molar-refractivity contribution in [2.24, 2.45) is 5.41 Å². The van der Waals surface area contributed by atoms with Crippen molar-refractivity contribution in [1.29, 1.82) is 0 Å². The zero-order valence-corrected chi connectivity index (χ0v) is 12.0. The van der Waals surface area contributed by atoms with Gasteiger partial charge in [0.05, 0.1) is 12.0 Å². The molecular formula is C15H26N2O2. The fraction of sp³-hybridized carbons (Fsp3) is 0.933. The fourth-order valence-corrected chi connectivity index (χ4v) is 3.92. The van der Waals surface area contributed by atoms with E-state index in [9.17, 15) is 4.79 Å². The summed E-state index contributed by atoms with van der Waals surface area (Å²) in [5.74, 6) is 0. The lowest BCUT2D eigenvalue weighted by Gasteiger charge is -2.49. The van der Waals surface area contributed by atoms with Crippen molar-refractivity contribution in [3.8, 4) is 0 Å². The summed E-state index contributed by atoms with van der Waals surface area (Å²) in [6, 6.07) is 1.28. The summed E-state index contributed by atoms with van der Waals surface area (Å²) in [4.78, 5) is 16.7. The first-order valence-corrected chi connectivity index (χ1v) is 7.75. The molecule has 0 aromatic carbocycles. The standard InChI is InChI=1S/C15H26N2O2/c1-13-8-16-6-3-2-4-14(16)9-17(13)10-15(11-18)5-7-19-12-15/h11,13-14H,2-10,12H2,1H3. The first kappa shape index (κ1) is 13.5. The van der Waals surface area contributed by atoms with E-state index in [1.54, 1.807) is 0 Å². The molecule has 3 atom stereocenters. The molecule has 3 fully saturated rings. The van der Waals surface area contributed by atoms with E-state index in [0.717, 1.165) is 38.4 Å². The summed E-state index contributed by atoms with van der Waals surface area (Å²) >= 11 is 0. The van der Waals surface area contributed by atoms with Crippen LogP contribution in [0.1, 0.15) is 32.6 Å². The van der Waals surface area contributed by atoms with E-state index in [-0.39, 0.29) is 5.41 Å². The lowest BCUT2D eigenvalue weighted by Crippen LogP contribution is -2.60. The van der Waals surface area contributed by atoms with Gasteiger partial charge in [-0.2, -0.15) is 0 Å². The van der Waals surface area contributed by atoms with Crippen molar-refractivity contribution in [1.82, 2.24) is 9.80 Å². The molecule has 108 valence electrons.